The molecule has 0 bridgehead atoms. The molecule has 2 aliphatic rings. The van der Waals surface area contributed by atoms with Gasteiger partial charge in [0.15, 0.2) is 0 Å². The van der Waals surface area contributed by atoms with E-state index < -0.39 is 11.4 Å². The number of carboxylic acids is 1. The first-order valence-corrected chi connectivity index (χ1v) is 8.27. The zero-order valence-corrected chi connectivity index (χ0v) is 13.0. The Morgan fingerprint density at radius 2 is 1.67 bits per heavy atom. The fourth-order valence-corrected chi connectivity index (χ4v) is 3.78. The number of hydrogen-bond acceptors (Lipinski definition) is 3. The van der Waals surface area contributed by atoms with Crippen molar-refractivity contribution < 1.29 is 14.7 Å². The summed E-state index contributed by atoms with van der Waals surface area (Å²) in [5.74, 6) is -0.698. The maximum atomic E-state index is 12.6. The van der Waals surface area contributed by atoms with Crippen LogP contribution in [0.2, 0.25) is 0 Å². The van der Waals surface area contributed by atoms with Crippen LogP contribution in [0.15, 0.2) is 0 Å². The summed E-state index contributed by atoms with van der Waals surface area (Å²) in [6.07, 6.45) is 6.88. The Bertz CT molecular complexity index is 383. The third-order valence-corrected chi connectivity index (χ3v) is 5.57. The molecule has 0 unspecified atom stereocenters. The van der Waals surface area contributed by atoms with E-state index in [2.05, 4.69) is 17.6 Å². The van der Waals surface area contributed by atoms with Crippen molar-refractivity contribution in [2.24, 2.45) is 10.8 Å². The molecule has 5 heteroatoms. The minimum Gasteiger partial charge on any atom is -0.481 e. The third kappa shape index (κ3) is 3.39. The van der Waals surface area contributed by atoms with E-state index in [0.717, 1.165) is 51.6 Å². The molecule has 21 heavy (non-hydrogen) atoms. The summed E-state index contributed by atoms with van der Waals surface area (Å²) in [6.45, 7) is 4.07. The highest BCUT2D eigenvalue weighted by molar-refractivity contribution is 5.84. The lowest BCUT2D eigenvalue weighted by Gasteiger charge is -2.38. The molecule has 0 atom stereocenters. The normalized spacial score (nSPS) is 24.2. The number of amides is 1. The van der Waals surface area contributed by atoms with Crippen LogP contribution in [0.5, 0.6) is 0 Å². The molecule has 2 fully saturated rings. The number of piperidine rings is 1. The summed E-state index contributed by atoms with van der Waals surface area (Å²) in [5.41, 5.74) is -1.05. The number of rotatable bonds is 5. The largest absolute Gasteiger partial charge is 0.481 e. The molecular weight excluding hydrogens is 268 g/mol. The third-order valence-electron chi connectivity index (χ3n) is 5.57. The molecule has 1 aliphatic heterocycles. The van der Waals surface area contributed by atoms with Gasteiger partial charge < -0.3 is 15.7 Å². The maximum absolute atomic E-state index is 12.6. The lowest BCUT2D eigenvalue weighted by Crippen LogP contribution is -2.51. The van der Waals surface area contributed by atoms with E-state index in [1.807, 2.05) is 0 Å². The standard InChI is InChI=1S/C16H28N2O3/c1-2-15(8-10-17-11-9-15)13(19)18-12-16(14(20)21)6-4-3-5-7-16/h17H,2-12H2,1H3,(H,18,19)(H,20,21). The predicted octanol–water partition coefficient (Wildman–Crippen LogP) is 1.92. The van der Waals surface area contributed by atoms with Crippen LogP contribution in [0.3, 0.4) is 0 Å². The van der Waals surface area contributed by atoms with Gasteiger partial charge in [0.25, 0.3) is 0 Å². The Morgan fingerprint density at radius 1 is 1.05 bits per heavy atom. The van der Waals surface area contributed by atoms with E-state index in [1.165, 1.54) is 0 Å². The Kier molecular flexibility index (Phi) is 5.25. The van der Waals surface area contributed by atoms with Gasteiger partial charge in [-0.25, -0.2) is 0 Å². The van der Waals surface area contributed by atoms with Crippen LogP contribution >= 0.6 is 0 Å². The van der Waals surface area contributed by atoms with Crippen LogP contribution in [-0.4, -0.2) is 36.6 Å². The topological polar surface area (TPSA) is 78.4 Å². The number of aliphatic carboxylic acids is 1. The number of nitrogens with one attached hydrogen (secondary N) is 2. The molecule has 0 aromatic rings. The first-order valence-electron chi connectivity index (χ1n) is 8.27. The highest BCUT2D eigenvalue weighted by Crippen LogP contribution is 2.37. The molecule has 1 amide bonds. The first-order chi connectivity index (χ1) is 10.0. The second-order valence-corrected chi connectivity index (χ2v) is 6.71. The maximum Gasteiger partial charge on any atom is 0.311 e. The minimum atomic E-state index is -0.752. The van der Waals surface area contributed by atoms with Crippen LogP contribution in [0.25, 0.3) is 0 Å². The van der Waals surface area contributed by atoms with Crippen LogP contribution in [-0.2, 0) is 9.59 Å². The molecule has 0 aromatic heterocycles. The van der Waals surface area contributed by atoms with Gasteiger partial charge in [-0.05, 0) is 45.2 Å². The number of carbonyl (C=O) groups is 2. The van der Waals surface area contributed by atoms with Gasteiger partial charge in [0, 0.05) is 6.54 Å². The van der Waals surface area contributed by atoms with Crippen molar-refractivity contribution in [2.75, 3.05) is 19.6 Å². The fourth-order valence-electron chi connectivity index (χ4n) is 3.78. The van der Waals surface area contributed by atoms with Crippen LogP contribution < -0.4 is 10.6 Å². The summed E-state index contributed by atoms with van der Waals surface area (Å²) >= 11 is 0. The summed E-state index contributed by atoms with van der Waals surface area (Å²) in [5, 5.41) is 15.8. The fraction of sp³-hybridized carbons (Fsp3) is 0.875. The molecule has 2 rings (SSSR count). The highest BCUT2D eigenvalue weighted by atomic mass is 16.4. The zero-order valence-electron chi connectivity index (χ0n) is 13.0. The van der Waals surface area contributed by atoms with E-state index in [4.69, 9.17) is 0 Å². The SMILES string of the molecule is CCC1(C(=O)NCC2(C(=O)O)CCCCC2)CCNCC1. The van der Waals surface area contributed by atoms with Gasteiger partial charge in [-0.1, -0.05) is 26.2 Å². The average molecular weight is 296 g/mol. The molecule has 0 spiro atoms. The molecule has 1 heterocycles. The zero-order chi connectivity index (χ0) is 15.3. The lowest BCUT2D eigenvalue weighted by atomic mass is 9.72. The van der Waals surface area contributed by atoms with Crippen LogP contribution in [0.4, 0.5) is 0 Å². The Balaban J connectivity index is 1.99. The highest BCUT2D eigenvalue weighted by Gasteiger charge is 2.42. The van der Waals surface area contributed by atoms with Crippen molar-refractivity contribution in [3.63, 3.8) is 0 Å². The van der Waals surface area contributed by atoms with Crippen molar-refractivity contribution in [1.82, 2.24) is 10.6 Å². The Labute approximate surface area is 126 Å². The van der Waals surface area contributed by atoms with E-state index in [0.29, 0.717) is 12.8 Å². The van der Waals surface area contributed by atoms with Gasteiger partial charge >= 0.3 is 5.97 Å². The number of hydrogen-bond donors (Lipinski definition) is 3. The van der Waals surface area contributed by atoms with E-state index in [9.17, 15) is 14.7 Å². The van der Waals surface area contributed by atoms with Gasteiger partial charge in [-0.2, -0.15) is 0 Å². The van der Waals surface area contributed by atoms with Gasteiger partial charge in [0.05, 0.1) is 10.8 Å². The van der Waals surface area contributed by atoms with Gasteiger partial charge in [0.1, 0.15) is 0 Å². The number of carboxylic acid groups (broad SMARTS) is 1. The van der Waals surface area contributed by atoms with Crippen molar-refractivity contribution in [1.29, 1.82) is 0 Å². The first kappa shape index (κ1) is 16.3. The molecule has 1 saturated carbocycles. The Morgan fingerprint density at radius 3 is 2.19 bits per heavy atom. The van der Waals surface area contributed by atoms with Crippen molar-refractivity contribution >= 4 is 11.9 Å². The molecule has 120 valence electrons. The summed E-state index contributed by atoms with van der Waals surface area (Å²) in [7, 11) is 0. The smallest absolute Gasteiger partial charge is 0.311 e. The summed E-state index contributed by atoms with van der Waals surface area (Å²) in [4.78, 5) is 24.3. The van der Waals surface area contributed by atoms with Gasteiger partial charge in [-0.3, -0.25) is 9.59 Å². The monoisotopic (exact) mass is 296 g/mol. The summed E-state index contributed by atoms with van der Waals surface area (Å²) in [6, 6.07) is 0. The molecular formula is C16H28N2O3. The molecule has 5 nitrogen and oxygen atoms in total. The van der Waals surface area contributed by atoms with Crippen LogP contribution in [0, 0.1) is 10.8 Å². The second-order valence-electron chi connectivity index (χ2n) is 6.71. The van der Waals surface area contributed by atoms with Crippen molar-refractivity contribution in [3.8, 4) is 0 Å². The molecule has 1 saturated heterocycles. The molecule has 0 aromatic carbocycles. The second kappa shape index (κ2) is 6.77. The van der Waals surface area contributed by atoms with E-state index >= 15 is 0 Å². The van der Waals surface area contributed by atoms with Gasteiger partial charge in [0.2, 0.25) is 5.91 Å². The average Bonchev–Trinajstić information content (AvgIpc) is 2.54. The van der Waals surface area contributed by atoms with E-state index in [-0.39, 0.29) is 17.9 Å². The Hall–Kier alpha value is -1.10. The van der Waals surface area contributed by atoms with Crippen LogP contribution in [0.1, 0.15) is 58.3 Å². The lowest BCUT2D eigenvalue weighted by molar-refractivity contribution is -0.151. The molecule has 0 radical (unpaired) electrons. The van der Waals surface area contributed by atoms with Crippen molar-refractivity contribution in [3.05, 3.63) is 0 Å². The molecule has 1 aliphatic carbocycles. The van der Waals surface area contributed by atoms with E-state index in [1.54, 1.807) is 0 Å². The molecule has 3 N–H and O–H groups in total. The summed E-state index contributed by atoms with van der Waals surface area (Å²) < 4.78 is 0. The van der Waals surface area contributed by atoms with Gasteiger partial charge in [-0.15, -0.1) is 0 Å². The number of carbonyl (C=O) groups excluding carboxylic acids is 1. The predicted molar refractivity (Wildman–Crippen MR) is 81.0 cm³/mol. The minimum absolute atomic E-state index is 0.0534. The van der Waals surface area contributed by atoms with Crippen molar-refractivity contribution in [2.45, 2.75) is 58.3 Å². The quantitative estimate of drug-likeness (QED) is 0.724.